The first-order valence-corrected chi connectivity index (χ1v) is 5.72. The Morgan fingerprint density at radius 2 is 2.40 bits per heavy atom. The van der Waals surface area contributed by atoms with Gasteiger partial charge in [0, 0.05) is 4.88 Å². The van der Waals surface area contributed by atoms with Crippen molar-refractivity contribution in [3.8, 4) is 0 Å². The number of nitrogens with zero attached hydrogens (tertiary/aromatic N) is 1. The summed E-state index contributed by atoms with van der Waals surface area (Å²) in [5.41, 5.74) is 1.50. The number of ether oxygens (including phenoxy) is 2. The van der Waals surface area contributed by atoms with Crippen molar-refractivity contribution in [3.05, 3.63) is 16.1 Å². The molecule has 1 saturated heterocycles. The van der Waals surface area contributed by atoms with Crippen molar-refractivity contribution >= 4 is 17.5 Å². The van der Waals surface area contributed by atoms with Crippen LogP contribution in [0.2, 0.25) is 0 Å². The van der Waals surface area contributed by atoms with Crippen LogP contribution in [0.15, 0.2) is 0 Å². The fraction of sp³-hybridized carbons (Fsp3) is 0.600. The molecule has 1 aliphatic rings. The quantitative estimate of drug-likeness (QED) is 0.738. The lowest BCUT2D eigenvalue weighted by Gasteiger charge is -2.24. The molecule has 82 valence electrons. The lowest BCUT2D eigenvalue weighted by atomic mass is 9.99. The highest BCUT2D eigenvalue weighted by Gasteiger charge is 2.30. The first-order valence-electron chi connectivity index (χ1n) is 4.95. The van der Waals surface area contributed by atoms with Crippen LogP contribution in [0.4, 0.5) is 0 Å². The average molecular weight is 227 g/mol. The molecule has 0 N–H and O–H groups in total. The summed E-state index contributed by atoms with van der Waals surface area (Å²) in [5.74, 6) is 0.0139. The molecule has 0 unspecified atom stereocenters. The number of carbonyl (C=O) groups excluding carboxylic acids is 1. The van der Waals surface area contributed by atoms with Gasteiger partial charge in [-0.1, -0.05) is 0 Å². The van der Waals surface area contributed by atoms with Gasteiger partial charge in [0.05, 0.1) is 37.0 Å². The summed E-state index contributed by atoms with van der Waals surface area (Å²) in [6.45, 7) is 5.42. The molecule has 0 spiro atoms. The monoisotopic (exact) mass is 227 g/mol. The molecule has 1 fully saturated rings. The Morgan fingerprint density at radius 3 is 2.93 bits per heavy atom. The summed E-state index contributed by atoms with van der Waals surface area (Å²) < 4.78 is 14.4. The van der Waals surface area contributed by atoms with E-state index < -0.39 is 0 Å². The van der Waals surface area contributed by atoms with Gasteiger partial charge in [0.15, 0.2) is 0 Å². The van der Waals surface area contributed by atoms with Gasteiger partial charge in [-0.15, -0.1) is 0 Å². The maximum Gasteiger partial charge on any atom is 0.341 e. The molecule has 2 heterocycles. The van der Waals surface area contributed by atoms with Gasteiger partial charge in [0.1, 0.15) is 0 Å². The molecule has 0 aromatic carbocycles. The number of hydrogen-bond donors (Lipinski definition) is 0. The number of carbonyl (C=O) groups is 1. The molecular weight excluding hydrogens is 214 g/mol. The summed E-state index contributed by atoms with van der Waals surface area (Å²) in [5, 5.41) is 0. The van der Waals surface area contributed by atoms with Crippen molar-refractivity contribution in [3.63, 3.8) is 0 Å². The van der Waals surface area contributed by atoms with Gasteiger partial charge in [-0.25, -0.2) is 4.79 Å². The van der Waals surface area contributed by atoms with Gasteiger partial charge >= 0.3 is 5.97 Å². The maximum absolute atomic E-state index is 11.7. The van der Waals surface area contributed by atoms with E-state index in [9.17, 15) is 4.79 Å². The maximum atomic E-state index is 11.7. The lowest BCUT2D eigenvalue weighted by molar-refractivity contribution is 0.00626. The van der Waals surface area contributed by atoms with E-state index in [1.807, 2.05) is 6.92 Å². The minimum Gasteiger partial charge on any atom is -0.462 e. The molecule has 15 heavy (non-hydrogen) atoms. The highest BCUT2D eigenvalue weighted by atomic mass is 32.1. The number of esters is 1. The fourth-order valence-electron chi connectivity index (χ4n) is 1.51. The van der Waals surface area contributed by atoms with Crippen molar-refractivity contribution in [2.24, 2.45) is 0 Å². The van der Waals surface area contributed by atoms with Gasteiger partial charge in [0.25, 0.3) is 0 Å². The van der Waals surface area contributed by atoms with E-state index in [2.05, 4.69) is 4.37 Å². The molecule has 2 rings (SSSR count). The van der Waals surface area contributed by atoms with Crippen LogP contribution in [0.25, 0.3) is 0 Å². The molecule has 0 atom stereocenters. The van der Waals surface area contributed by atoms with Crippen LogP contribution in [-0.2, 0) is 9.47 Å². The van der Waals surface area contributed by atoms with E-state index in [1.54, 1.807) is 6.92 Å². The fourth-order valence-corrected chi connectivity index (χ4v) is 2.27. The van der Waals surface area contributed by atoms with Crippen LogP contribution in [0, 0.1) is 6.92 Å². The number of aryl methyl sites for hydroxylation is 1. The predicted octanol–water partition coefficient (Wildman–Crippen LogP) is 1.74. The van der Waals surface area contributed by atoms with Crippen molar-refractivity contribution in [1.29, 1.82) is 0 Å². The zero-order valence-corrected chi connectivity index (χ0v) is 9.60. The van der Waals surface area contributed by atoms with Crippen LogP contribution in [0.5, 0.6) is 0 Å². The third-order valence-electron chi connectivity index (χ3n) is 2.39. The van der Waals surface area contributed by atoms with E-state index in [0.717, 1.165) is 10.6 Å². The zero-order valence-electron chi connectivity index (χ0n) is 8.78. The third kappa shape index (κ3) is 1.89. The third-order valence-corrected chi connectivity index (χ3v) is 3.16. The normalized spacial score (nSPS) is 16.1. The second kappa shape index (κ2) is 4.28. The zero-order chi connectivity index (χ0) is 10.8. The largest absolute Gasteiger partial charge is 0.462 e. The number of rotatable bonds is 3. The Bertz CT molecular complexity index is 371. The molecular formula is C10H13NO3S. The Hall–Kier alpha value is -0.940. The molecule has 0 aliphatic carbocycles. The van der Waals surface area contributed by atoms with E-state index in [-0.39, 0.29) is 11.9 Å². The molecule has 0 bridgehead atoms. The lowest BCUT2D eigenvalue weighted by Crippen LogP contribution is -2.27. The van der Waals surface area contributed by atoms with Crippen LogP contribution in [0.1, 0.15) is 33.8 Å². The van der Waals surface area contributed by atoms with Crippen LogP contribution in [0.3, 0.4) is 0 Å². The molecule has 0 amide bonds. The molecule has 4 nitrogen and oxygen atoms in total. The number of aromatic nitrogens is 1. The van der Waals surface area contributed by atoms with Crippen LogP contribution >= 0.6 is 11.5 Å². The van der Waals surface area contributed by atoms with E-state index >= 15 is 0 Å². The molecule has 1 aromatic rings. The summed E-state index contributed by atoms with van der Waals surface area (Å²) in [6, 6.07) is 0. The van der Waals surface area contributed by atoms with Crippen molar-refractivity contribution in [2.75, 3.05) is 19.8 Å². The average Bonchev–Trinajstić information content (AvgIpc) is 2.45. The second-order valence-electron chi connectivity index (χ2n) is 3.45. The Morgan fingerprint density at radius 1 is 1.67 bits per heavy atom. The van der Waals surface area contributed by atoms with Gasteiger partial charge in [0.2, 0.25) is 0 Å². The van der Waals surface area contributed by atoms with Crippen LogP contribution < -0.4 is 0 Å². The SMILES string of the molecule is CCOC(=O)c1c(C2COC2)nsc1C. The highest BCUT2D eigenvalue weighted by molar-refractivity contribution is 7.06. The first kappa shape index (κ1) is 10.6. The van der Waals surface area contributed by atoms with Gasteiger partial charge in [-0.2, -0.15) is 4.37 Å². The van der Waals surface area contributed by atoms with Gasteiger partial charge in [-0.05, 0) is 25.4 Å². The molecule has 0 radical (unpaired) electrons. The first-order chi connectivity index (χ1) is 7.24. The minimum absolute atomic E-state index is 0.259. The number of hydrogen-bond acceptors (Lipinski definition) is 5. The second-order valence-corrected chi connectivity index (χ2v) is 4.43. The standard InChI is InChI=1S/C10H13NO3S/c1-3-14-10(12)8-6(2)15-11-9(8)7-4-13-5-7/h7H,3-5H2,1-2H3. The van der Waals surface area contributed by atoms with E-state index in [1.165, 1.54) is 11.5 Å². The molecule has 0 saturated carbocycles. The van der Waals surface area contributed by atoms with E-state index in [0.29, 0.717) is 25.4 Å². The molecule has 5 heteroatoms. The topological polar surface area (TPSA) is 48.4 Å². The smallest absolute Gasteiger partial charge is 0.341 e. The van der Waals surface area contributed by atoms with Crippen LogP contribution in [-0.4, -0.2) is 30.2 Å². The molecule has 1 aromatic heterocycles. The van der Waals surface area contributed by atoms with Gasteiger partial charge in [-0.3, -0.25) is 0 Å². The van der Waals surface area contributed by atoms with Crippen molar-refractivity contribution in [2.45, 2.75) is 19.8 Å². The summed E-state index contributed by atoms with van der Waals surface area (Å²) in [6.07, 6.45) is 0. The molecule has 1 aliphatic heterocycles. The van der Waals surface area contributed by atoms with E-state index in [4.69, 9.17) is 9.47 Å². The summed E-state index contributed by atoms with van der Waals surface area (Å²) in [7, 11) is 0. The summed E-state index contributed by atoms with van der Waals surface area (Å²) >= 11 is 1.36. The highest BCUT2D eigenvalue weighted by Crippen LogP contribution is 2.30. The van der Waals surface area contributed by atoms with Crippen molar-refractivity contribution < 1.29 is 14.3 Å². The Labute approximate surface area is 92.4 Å². The minimum atomic E-state index is -0.259. The Balaban J connectivity index is 2.26. The van der Waals surface area contributed by atoms with Gasteiger partial charge < -0.3 is 9.47 Å². The predicted molar refractivity (Wildman–Crippen MR) is 56.4 cm³/mol. The Kier molecular flexibility index (Phi) is 3.02. The van der Waals surface area contributed by atoms with Crippen molar-refractivity contribution in [1.82, 2.24) is 4.37 Å². The summed E-state index contributed by atoms with van der Waals surface area (Å²) in [4.78, 5) is 12.6.